The monoisotopic (exact) mass is 122 g/mol. The Morgan fingerprint density at radius 3 is 2.56 bits per heavy atom. The highest BCUT2D eigenvalue weighted by molar-refractivity contribution is 5.58. The number of aliphatic imine (C=N–C) groups is 1. The van der Waals surface area contributed by atoms with E-state index in [0.29, 0.717) is 0 Å². The highest BCUT2D eigenvalue weighted by Crippen LogP contribution is 1.78. The van der Waals surface area contributed by atoms with Gasteiger partial charge in [-0.2, -0.15) is 0 Å². The summed E-state index contributed by atoms with van der Waals surface area (Å²) < 4.78 is 0. The Bertz CT molecular complexity index is 145. The van der Waals surface area contributed by atoms with Gasteiger partial charge in [0.2, 0.25) is 0 Å². The lowest BCUT2D eigenvalue weighted by molar-refractivity contribution is 1.22. The standard InChI is InChI=1S/C7H10N2/c1-4-7(3)9-6-8-5-2/h4-6H,1-3H2,(H,8,9). The fourth-order valence-corrected chi connectivity index (χ4v) is 0.232. The predicted octanol–water partition coefficient (Wildman–Crippen LogP) is 1.45. The molecule has 0 aliphatic carbocycles. The molecule has 48 valence electrons. The predicted molar refractivity (Wildman–Crippen MR) is 41.2 cm³/mol. The van der Waals surface area contributed by atoms with Crippen LogP contribution < -0.4 is 5.32 Å². The second kappa shape index (κ2) is 4.84. The Morgan fingerprint density at radius 2 is 2.11 bits per heavy atom. The lowest BCUT2D eigenvalue weighted by atomic mass is 10.5. The normalized spacial score (nSPS) is 8.89. The van der Waals surface area contributed by atoms with Crippen LogP contribution in [0.4, 0.5) is 0 Å². The largest absolute Gasteiger partial charge is 0.347 e. The highest BCUT2D eigenvalue weighted by atomic mass is 14.9. The molecule has 0 unspecified atom stereocenters. The van der Waals surface area contributed by atoms with E-state index >= 15 is 0 Å². The molecular weight excluding hydrogens is 112 g/mol. The van der Waals surface area contributed by atoms with Gasteiger partial charge in [-0.15, -0.1) is 0 Å². The summed E-state index contributed by atoms with van der Waals surface area (Å²) in [4.78, 5) is 3.68. The molecule has 0 aromatic carbocycles. The van der Waals surface area contributed by atoms with Gasteiger partial charge in [0.05, 0.1) is 6.34 Å². The average molecular weight is 122 g/mol. The number of allylic oxidation sites excluding steroid dienone is 1. The number of hydrogen-bond donors (Lipinski definition) is 1. The fraction of sp³-hybridized carbons (Fsp3) is 0. The summed E-state index contributed by atoms with van der Waals surface area (Å²) in [5.74, 6) is 0. The van der Waals surface area contributed by atoms with Crippen molar-refractivity contribution in [3.63, 3.8) is 0 Å². The van der Waals surface area contributed by atoms with Crippen molar-refractivity contribution in [2.24, 2.45) is 4.99 Å². The average Bonchev–Trinajstić information content (AvgIpc) is 1.89. The first kappa shape index (κ1) is 7.69. The topological polar surface area (TPSA) is 24.4 Å². The fourth-order valence-electron chi connectivity index (χ4n) is 0.232. The maximum absolute atomic E-state index is 3.68. The minimum absolute atomic E-state index is 0.723. The third kappa shape index (κ3) is 4.55. The summed E-state index contributed by atoms with van der Waals surface area (Å²) in [5.41, 5.74) is 0.723. The molecule has 0 amide bonds. The van der Waals surface area contributed by atoms with Crippen molar-refractivity contribution >= 4 is 6.34 Å². The van der Waals surface area contributed by atoms with Crippen molar-refractivity contribution in [1.82, 2.24) is 5.32 Å². The van der Waals surface area contributed by atoms with Gasteiger partial charge in [-0.3, -0.25) is 0 Å². The Kier molecular flexibility index (Phi) is 4.14. The van der Waals surface area contributed by atoms with Crippen LogP contribution in [-0.2, 0) is 0 Å². The summed E-state index contributed by atoms with van der Waals surface area (Å²) in [6.07, 6.45) is 4.54. The third-order valence-corrected chi connectivity index (χ3v) is 0.676. The molecule has 0 aliphatic rings. The van der Waals surface area contributed by atoms with Crippen LogP contribution in [0.15, 0.2) is 42.7 Å². The second-order valence-electron chi connectivity index (χ2n) is 1.33. The minimum atomic E-state index is 0.723. The van der Waals surface area contributed by atoms with Gasteiger partial charge in [0, 0.05) is 11.9 Å². The Labute approximate surface area is 55.3 Å². The smallest absolute Gasteiger partial charge is 0.0922 e. The van der Waals surface area contributed by atoms with Crippen LogP contribution in [0, 0.1) is 0 Å². The van der Waals surface area contributed by atoms with E-state index < -0.39 is 0 Å². The zero-order valence-corrected chi connectivity index (χ0v) is 5.30. The third-order valence-electron chi connectivity index (χ3n) is 0.676. The summed E-state index contributed by atoms with van der Waals surface area (Å²) >= 11 is 0. The van der Waals surface area contributed by atoms with E-state index in [2.05, 4.69) is 30.0 Å². The molecule has 0 aromatic rings. The molecule has 0 rings (SSSR count). The van der Waals surface area contributed by atoms with Crippen LogP contribution in [0.2, 0.25) is 0 Å². The minimum Gasteiger partial charge on any atom is -0.347 e. The van der Waals surface area contributed by atoms with Crippen molar-refractivity contribution in [3.8, 4) is 0 Å². The molecule has 0 spiro atoms. The van der Waals surface area contributed by atoms with Crippen molar-refractivity contribution in [1.29, 1.82) is 0 Å². The number of rotatable bonds is 4. The molecule has 0 saturated heterocycles. The SMILES string of the molecule is C=CN=CNC(=C)C=C. The number of hydrogen-bond acceptors (Lipinski definition) is 1. The molecule has 0 fully saturated rings. The van der Waals surface area contributed by atoms with Gasteiger partial charge < -0.3 is 5.32 Å². The van der Waals surface area contributed by atoms with Gasteiger partial charge in [-0.1, -0.05) is 19.7 Å². The highest BCUT2D eigenvalue weighted by Gasteiger charge is 1.74. The van der Waals surface area contributed by atoms with Gasteiger partial charge in [-0.25, -0.2) is 4.99 Å². The van der Waals surface area contributed by atoms with Crippen LogP contribution in [0.5, 0.6) is 0 Å². The van der Waals surface area contributed by atoms with E-state index in [1.807, 2.05) is 0 Å². The van der Waals surface area contributed by atoms with Crippen LogP contribution >= 0.6 is 0 Å². The Balaban J connectivity index is 3.49. The molecule has 0 aliphatic heterocycles. The van der Waals surface area contributed by atoms with Crippen LogP contribution in [0.25, 0.3) is 0 Å². The van der Waals surface area contributed by atoms with Gasteiger partial charge in [0.1, 0.15) is 0 Å². The quantitative estimate of drug-likeness (QED) is 0.340. The Morgan fingerprint density at radius 1 is 1.44 bits per heavy atom. The van der Waals surface area contributed by atoms with Gasteiger partial charge in [0.25, 0.3) is 0 Å². The zero-order valence-electron chi connectivity index (χ0n) is 5.30. The van der Waals surface area contributed by atoms with Gasteiger partial charge in [-0.05, 0) is 6.08 Å². The lowest BCUT2D eigenvalue weighted by Crippen LogP contribution is -2.06. The molecule has 2 nitrogen and oxygen atoms in total. The molecular formula is C7H10N2. The molecule has 0 aromatic heterocycles. The summed E-state index contributed by atoms with van der Waals surface area (Å²) in [5, 5.41) is 2.76. The van der Waals surface area contributed by atoms with E-state index in [9.17, 15) is 0 Å². The summed E-state index contributed by atoms with van der Waals surface area (Å²) in [6.45, 7) is 10.5. The molecule has 1 N–H and O–H groups in total. The van der Waals surface area contributed by atoms with Crippen molar-refractivity contribution < 1.29 is 0 Å². The molecule has 9 heavy (non-hydrogen) atoms. The second-order valence-corrected chi connectivity index (χ2v) is 1.33. The van der Waals surface area contributed by atoms with E-state index in [1.165, 1.54) is 12.5 Å². The van der Waals surface area contributed by atoms with E-state index in [-0.39, 0.29) is 0 Å². The summed E-state index contributed by atoms with van der Waals surface area (Å²) in [7, 11) is 0. The lowest BCUT2D eigenvalue weighted by Gasteiger charge is -1.93. The zero-order chi connectivity index (χ0) is 7.11. The number of nitrogens with one attached hydrogen (secondary N) is 1. The van der Waals surface area contributed by atoms with E-state index in [0.717, 1.165) is 5.70 Å². The van der Waals surface area contributed by atoms with Crippen molar-refractivity contribution in [3.05, 3.63) is 37.7 Å². The van der Waals surface area contributed by atoms with Crippen LogP contribution in [0.3, 0.4) is 0 Å². The summed E-state index contributed by atoms with van der Waals surface area (Å²) in [6, 6.07) is 0. The van der Waals surface area contributed by atoms with Crippen LogP contribution in [0.1, 0.15) is 0 Å². The molecule has 0 radical (unpaired) electrons. The first-order chi connectivity index (χ1) is 4.31. The molecule has 2 heteroatoms. The molecule has 0 bridgehead atoms. The number of nitrogens with zero attached hydrogens (tertiary/aromatic N) is 1. The first-order valence-corrected chi connectivity index (χ1v) is 2.51. The maximum atomic E-state index is 3.68. The van der Waals surface area contributed by atoms with Crippen LogP contribution in [-0.4, -0.2) is 6.34 Å². The van der Waals surface area contributed by atoms with E-state index in [4.69, 9.17) is 0 Å². The van der Waals surface area contributed by atoms with E-state index in [1.54, 1.807) is 6.08 Å². The Hall–Kier alpha value is -1.31. The molecule has 0 heterocycles. The first-order valence-electron chi connectivity index (χ1n) is 2.51. The molecule has 0 atom stereocenters. The maximum Gasteiger partial charge on any atom is 0.0922 e. The molecule has 0 saturated carbocycles. The van der Waals surface area contributed by atoms with Crippen molar-refractivity contribution in [2.75, 3.05) is 0 Å². The van der Waals surface area contributed by atoms with Crippen molar-refractivity contribution in [2.45, 2.75) is 0 Å². The van der Waals surface area contributed by atoms with Gasteiger partial charge >= 0.3 is 0 Å². The van der Waals surface area contributed by atoms with Gasteiger partial charge in [0.15, 0.2) is 0 Å².